The van der Waals surface area contributed by atoms with E-state index >= 15 is 0 Å². The third kappa shape index (κ3) is 3.92. The molecule has 2 saturated heterocycles. The van der Waals surface area contributed by atoms with Crippen LogP contribution >= 0.6 is 11.3 Å². The number of aliphatic imine (C=N–C) groups is 1. The Hall–Kier alpha value is -1.90. The summed E-state index contributed by atoms with van der Waals surface area (Å²) < 4.78 is 11.0. The van der Waals surface area contributed by atoms with Crippen LogP contribution in [0.1, 0.15) is 12.1 Å². The number of aromatic nitrogens is 1. The van der Waals surface area contributed by atoms with Gasteiger partial charge in [0.15, 0.2) is 5.96 Å². The average Bonchev–Trinajstić information content (AvgIpc) is 3.44. The lowest BCUT2D eigenvalue weighted by Gasteiger charge is -2.32. The molecule has 0 saturated carbocycles. The molecule has 2 aliphatic heterocycles. The Bertz CT molecular complexity index is 724. The predicted octanol–water partition coefficient (Wildman–Crippen LogP) is 1.88. The predicted molar refractivity (Wildman–Crippen MR) is 102 cm³/mol. The maximum absolute atomic E-state index is 5.58. The summed E-state index contributed by atoms with van der Waals surface area (Å²) in [6, 6.07) is 4.61. The Morgan fingerprint density at radius 2 is 2.27 bits per heavy atom. The van der Waals surface area contributed by atoms with Gasteiger partial charge in [0.05, 0.1) is 30.3 Å². The molecule has 0 bridgehead atoms. The molecule has 1 N–H and O–H groups in total. The molecule has 7 nitrogen and oxygen atoms in total. The van der Waals surface area contributed by atoms with Gasteiger partial charge in [-0.3, -0.25) is 9.89 Å². The molecule has 0 radical (unpaired) electrons. The zero-order valence-electron chi connectivity index (χ0n) is 15.1. The second-order valence-corrected chi connectivity index (χ2v) is 7.51. The number of oxazole rings is 1. The molecule has 0 aromatic carbocycles. The minimum atomic E-state index is 0.593. The highest BCUT2D eigenvalue weighted by Crippen LogP contribution is 2.23. The topological polar surface area (TPSA) is 66.1 Å². The lowest BCUT2D eigenvalue weighted by atomic mass is 10.2. The van der Waals surface area contributed by atoms with Crippen LogP contribution in [-0.4, -0.2) is 73.2 Å². The Kier molecular flexibility index (Phi) is 5.52. The molecule has 1 unspecified atom stereocenters. The Balaban J connectivity index is 1.31. The lowest BCUT2D eigenvalue weighted by molar-refractivity contribution is 0.0195. The fourth-order valence-electron chi connectivity index (χ4n) is 3.58. The minimum absolute atomic E-state index is 0.593. The molecule has 26 heavy (non-hydrogen) atoms. The van der Waals surface area contributed by atoms with E-state index in [-0.39, 0.29) is 0 Å². The summed E-state index contributed by atoms with van der Waals surface area (Å²) in [4.78, 5) is 14.9. The van der Waals surface area contributed by atoms with Gasteiger partial charge in [-0.1, -0.05) is 6.07 Å². The van der Waals surface area contributed by atoms with Crippen molar-refractivity contribution in [3.05, 3.63) is 29.5 Å². The summed E-state index contributed by atoms with van der Waals surface area (Å²) in [7, 11) is 1.84. The number of nitrogens with zero attached hydrogens (tertiary/aromatic N) is 4. The highest BCUT2D eigenvalue weighted by atomic mass is 32.1. The van der Waals surface area contributed by atoms with E-state index in [2.05, 4.69) is 25.1 Å². The van der Waals surface area contributed by atoms with Gasteiger partial charge in [-0.25, -0.2) is 4.98 Å². The van der Waals surface area contributed by atoms with Gasteiger partial charge in [0.2, 0.25) is 5.89 Å². The molecule has 0 spiro atoms. The van der Waals surface area contributed by atoms with Crippen LogP contribution in [0.3, 0.4) is 0 Å². The number of nitrogens with one attached hydrogen (secondary N) is 1. The van der Waals surface area contributed by atoms with Crippen LogP contribution in [0, 0.1) is 0 Å². The van der Waals surface area contributed by atoms with Crippen molar-refractivity contribution in [2.75, 3.05) is 46.4 Å². The summed E-state index contributed by atoms with van der Waals surface area (Å²) in [6.45, 7) is 6.43. The van der Waals surface area contributed by atoms with Crippen molar-refractivity contribution >= 4 is 17.3 Å². The number of thiophene rings is 1. The third-order valence-corrected chi connectivity index (χ3v) is 5.81. The molecule has 2 aliphatic rings. The van der Waals surface area contributed by atoms with Gasteiger partial charge in [-0.15, -0.1) is 11.3 Å². The van der Waals surface area contributed by atoms with Crippen LogP contribution < -0.4 is 5.32 Å². The van der Waals surface area contributed by atoms with E-state index in [9.17, 15) is 0 Å². The first-order chi connectivity index (χ1) is 12.8. The number of morpholine rings is 1. The second-order valence-electron chi connectivity index (χ2n) is 6.56. The molecule has 2 fully saturated rings. The first-order valence-corrected chi connectivity index (χ1v) is 9.97. The van der Waals surface area contributed by atoms with Gasteiger partial charge in [0.25, 0.3) is 0 Å². The number of guanidine groups is 1. The quantitative estimate of drug-likeness (QED) is 0.650. The van der Waals surface area contributed by atoms with Crippen molar-refractivity contribution in [3.8, 4) is 10.8 Å². The lowest BCUT2D eigenvalue weighted by Crippen LogP contribution is -2.46. The number of hydrogen-bond acceptors (Lipinski definition) is 6. The van der Waals surface area contributed by atoms with E-state index in [0.29, 0.717) is 18.5 Å². The van der Waals surface area contributed by atoms with E-state index in [1.54, 1.807) is 17.6 Å². The fraction of sp³-hybridized carbons (Fsp3) is 0.556. The van der Waals surface area contributed by atoms with Gasteiger partial charge in [0.1, 0.15) is 6.26 Å². The summed E-state index contributed by atoms with van der Waals surface area (Å²) in [5.41, 5.74) is 0.887. The minimum Gasteiger partial charge on any atom is -0.443 e. The average molecular weight is 375 g/mol. The normalized spacial score (nSPS) is 22.1. The molecule has 1 atom stereocenters. The van der Waals surface area contributed by atoms with Crippen LogP contribution in [0.4, 0.5) is 0 Å². The van der Waals surface area contributed by atoms with Gasteiger partial charge in [0, 0.05) is 39.3 Å². The molecule has 4 heterocycles. The summed E-state index contributed by atoms with van der Waals surface area (Å²) in [5, 5.41) is 5.45. The second kappa shape index (κ2) is 8.20. The van der Waals surface area contributed by atoms with Crippen LogP contribution in [0.15, 0.2) is 33.2 Å². The number of ether oxygens (including phenoxy) is 1. The van der Waals surface area contributed by atoms with E-state index in [1.165, 1.54) is 6.42 Å². The SMILES string of the molecule is CN=C(NCc1coc(-c2cccs2)n1)N1CCC(N2CCOCC2)C1. The Morgan fingerprint density at radius 3 is 3.04 bits per heavy atom. The van der Waals surface area contributed by atoms with Gasteiger partial charge < -0.3 is 19.4 Å². The molecule has 0 amide bonds. The number of hydrogen-bond donors (Lipinski definition) is 1. The number of rotatable bonds is 4. The Labute approximate surface area is 157 Å². The van der Waals surface area contributed by atoms with Crippen LogP contribution in [-0.2, 0) is 11.3 Å². The van der Waals surface area contributed by atoms with E-state index in [4.69, 9.17) is 9.15 Å². The van der Waals surface area contributed by atoms with E-state index in [0.717, 1.165) is 55.9 Å². The van der Waals surface area contributed by atoms with Crippen LogP contribution in [0.2, 0.25) is 0 Å². The van der Waals surface area contributed by atoms with Gasteiger partial charge in [-0.05, 0) is 17.9 Å². The molecule has 2 aromatic heterocycles. The maximum Gasteiger partial charge on any atom is 0.236 e. The van der Waals surface area contributed by atoms with Crippen molar-refractivity contribution in [2.24, 2.45) is 4.99 Å². The third-order valence-electron chi connectivity index (χ3n) is 4.95. The number of likely N-dealkylation sites (tertiary alicyclic amines) is 1. The van der Waals surface area contributed by atoms with Crippen molar-refractivity contribution in [1.29, 1.82) is 0 Å². The largest absolute Gasteiger partial charge is 0.443 e. The van der Waals surface area contributed by atoms with Crippen LogP contribution in [0.25, 0.3) is 10.8 Å². The zero-order chi connectivity index (χ0) is 17.8. The van der Waals surface area contributed by atoms with Gasteiger partial charge >= 0.3 is 0 Å². The standard InChI is InChI=1S/C18H25N5O2S/c1-19-18(23-5-4-15(12-23)22-6-8-24-9-7-22)20-11-14-13-25-17(21-14)16-3-2-10-26-16/h2-3,10,13,15H,4-9,11-12H2,1H3,(H,19,20). The highest BCUT2D eigenvalue weighted by molar-refractivity contribution is 7.13. The molecule has 2 aromatic rings. The van der Waals surface area contributed by atoms with E-state index < -0.39 is 0 Å². The first kappa shape index (κ1) is 17.5. The summed E-state index contributed by atoms with van der Waals surface area (Å²) >= 11 is 1.63. The van der Waals surface area contributed by atoms with Crippen molar-refractivity contribution in [3.63, 3.8) is 0 Å². The monoisotopic (exact) mass is 375 g/mol. The molecule has 140 valence electrons. The smallest absolute Gasteiger partial charge is 0.236 e. The molecule has 8 heteroatoms. The fourth-order valence-corrected chi connectivity index (χ4v) is 4.23. The molecular formula is C18H25N5O2S. The zero-order valence-corrected chi connectivity index (χ0v) is 15.9. The van der Waals surface area contributed by atoms with Crippen molar-refractivity contribution in [1.82, 2.24) is 20.1 Å². The van der Waals surface area contributed by atoms with Crippen molar-refractivity contribution in [2.45, 2.75) is 19.0 Å². The Morgan fingerprint density at radius 1 is 1.38 bits per heavy atom. The molecule has 0 aliphatic carbocycles. The van der Waals surface area contributed by atoms with Crippen LogP contribution in [0.5, 0.6) is 0 Å². The maximum atomic E-state index is 5.58. The molecular weight excluding hydrogens is 350 g/mol. The first-order valence-electron chi connectivity index (χ1n) is 9.09. The summed E-state index contributed by atoms with van der Waals surface area (Å²) in [5.74, 6) is 1.61. The highest BCUT2D eigenvalue weighted by Gasteiger charge is 2.30. The van der Waals surface area contributed by atoms with E-state index in [1.807, 2.05) is 24.6 Å². The molecule has 4 rings (SSSR count). The summed E-state index contributed by atoms with van der Waals surface area (Å²) in [6.07, 6.45) is 2.89. The van der Waals surface area contributed by atoms with Gasteiger partial charge in [-0.2, -0.15) is 0 Å². The van der Waals surface area contributed by atoms with Crippen molar-refractivity contribution < 1.29 is 9.15 Å².